The molecule has 3 rings (SSSR count). The maximum atomic E-state index is 13.6. The molecule has 0 N–H and O–H groups in total. The Hall–Kier alpha value is -3.15. The van der Waals surface area contributed by atoms with Crippen LogP contribution >= 0.6 is 0 Å². The predicted octanol–water partition coefficient (Wildman–Crippen LogP) is 3.85. The number of carbonyl (C=O) groups excluding carboxylic acids is 3. The molecule has 1 atom stereocenters. The molecule has 1 unspecified atom stereocenters. The van der Waals surface area contributed by atoms with Crippen LogP contribution in [0.4, 0.5) is 0 Å². The molecule has 1 heterocycles. The van der Waals surface area contributed by atoms with Gasteiger partial charge in [-0.05, 0) is 19.4 Å². The number of nitrogens with zero attached hydrogens (tertiary/aromatic N) is 1. The van der Waals surface area contributed by atoms with Gasteiger partial charge in [0.15, 0.2) is 0 Å². The van der Waals surface area contributed by atoms with Gasteiger partial charge in [0.05, 0.1) is 24.9 Å². The minimum absolute atomic E-state index is 0.325. The Morgan fingerprint density at radius 3 is 2.40 bits per heavy atom. The SMILES string of the molecule is CCOC(=C1C(=O)N(C(=O)C(C)(C)C)C2=CC(C(=O)OC)=CCC21)c1ccccc1. The van der Waals surface area contributed by atoms with Crippen molar-refractivity contribution in [2.45, 2.75) is 34.1 Å². The molecule has 1 aromatic rings. The number of allylic oxidation sites excluding steroid dienone is 2. The number of benzene rings is 1. The Morgan fingerprint density at radius 1 is 1.17 bits per heavy atom. The number of fused-ring (bicyclic) bond motifs is 1. The Kier molecular flexibility index (Phi) is 5.97. The quantitative estimate of drug-likeness (QED) is 0.429. The fourth-order valence-electron chi connectivity index (χ4n) is 3.67. The van der Waals surface area contributed by atoms with Crippen molar-refractivity contribution in [3.05, 3.63) is 64.9 Å². The number of ether oxygens (including phenoxy) is 2. The molecular formula is C24H27NO5. The van der Waals surface area contributed by atoms with E-state index in [1.165, 1.54) is 12.0 Å². The standard InChI is InChI=1S/C24H27NO5/c1-6-30-20(15-10-8-7-9-11-15)19-17-13-12-16(22(27)29-5)14-18(17)25(21(19)26)23(28)24(2,3)4/h7-12,14,17H,6,13H2,1-5H3. The predicted molar refractivity (Wildman–Crippen MR) is 113 cm³/mol. The van der Waals surface area contributed by atoms with E-state index in [1.54, 1.807) is 32.9 Å². The van der Waals surface area contributed by atoms with Gasteiger partial charge in [-0.25, -0.2) is 9.69 Å². The van der Waals surface area contributed by atoms with Crippen LogP contribution in [-0.4, -0.2) is 36.4 Å². The molecule has 2 amide bonds. The van der Waals surface area contributed by atoms with Gasteiger partial charge in [-0.15, -0.1) is 0 Å². The van der Waals surface area contributed by atoms with Crippen LogP contribution in [-0.2, 0) is 23.9 Å². The third kappa shape index (κ3) is 3.82. The van der Waals surface area contributed by atoms with E-state index in [2.05, 4.69) is 0 Å². The van der Waals surface area contributed by atoms with Crippen LogP contribution in [0.5, 0.6) is 0 Å². The van der Waals surface area contributed by atoms with Crippen molar-refractivity contribution in [2.24, 2.45) is 11.3 Å². The zero-order valence-corrected chi connectivity index (χ0v) is 18.0. The summed E-state index contributed by atoms with van der Waals surface area (Å²) in [6.45, 7) is 7.53. The molecule has 0 spiro atoms. The first kappa shape index (κ1) is 21.6. The van der Waals surface area contributed by atoms with E-state index in [0.29, 0.717) is 35.6 Å². The molecule has 6 heteroatoms. The zero-order chi connectivity index (χ0) is 22.1. The van der Waals surface area contributed by atoms with E-state index < -0.39 is 17.3 Å². The first-order chi connectivity index (χ1) is 14.2. The van der Waals surface area contributed by atoms with Crippen molar-refractivity contribution in [1.29, 1.82) is 0 Å². The second-order valence-electron chi connectivity index (χ2n) is 8.25. The Labute approximate surface area is 176 Å². The van der Waals surface area contributed by atoms with E-state index in [0.717, 1.165) is 5.56 Å². The normalized spacial score (nSPS) is 20.2. The van der Waals surface area contributed by atoms with Gasteiger partial charge in [0.2, 0.25) is 5.91 Å². The topological polar surface area (TPSA) is 72.9 Å². The van der Waals surface area contributed by atoms with Crippen molar-refractivity contribution in [3.63, 3.8) is 0 Å². The molecule has 0 radical (unpaired) electrons. The first-order valence-electron chi connectivity index (χ1n) is 10.0. The number of hydrogen-bond donors (Lipinski definition) is 0. The maximum Gasteiger partial charge on any atom is 0.337 e. The third-order valence-corrected chi connectivity index (χ3v) is 5.11. The highest BCUT2D eigenvalue weighted by Gasteiger charge is 2.48. The number of amides is 2. The van der Waals surface area contributed by atoms with Gasteiger partial charge >= 0.3 is 5.97 Å². The van der Waals surface area contributed by atoms with Gasteiger partial charge in [-0.2, -0.15) is 0 Å². The largest absolute Gasteiger partial charge is 0.493 e. The molecule has 2 aliphatic rings. The van der Waals surface area contributed by atoms with Crippen LogP contribution in [0.1, 0.15) is 39.7 Å². The maximum absolute atomic E-state index is 13.6. The summed E-state index contributed by atoms with van der Waals surface area (Å²) in [5.41, 5.74) is 1.26. The molecule has 0 bridgehead atoms. The molecule has 0 saturated carbocycles. The van der Waals surface area contributed by atoms with Crippen molar-refractivity contribution in [2.75, 3.05) is 13.7 Å². The molecule has 0 aromatic heterocycles. The zero-order valence-electron chi connectivity index (χ0n) is 18.0. The van der Waals surface area contributed by atoms with Crippen LogP contribution in [0.2, 0.25) is 0 Å². The highest BCUT2D eigenvalue weighted by molar-refractivity contribution is 6.14. The molecule has 1 saturated heterocycles. The molecule has 158 valence electrons. The van der Waals surface area contributed by atoms with Crippen LogP contribution < -0.4 is 0 Å². The number of hydrogen-bond acceptors (Lipinski definition) is 5. The fraction of sp³-hybridized carbons (Fsp3) is 0.375. The average Bonchev–Trinajstić information content (AvgIpc) is 3.01. The van der Waals surface area contributed by atoms with Crippen LogP contribution in [0, 0.1) is 11.3 Å². The van der Waals surface area contributed by atoms with Gasteiger partial charge in [0.1, 0.15) is 5.76 Å². The lowest BCUT2D eigenvalue weighted by Gasteiger charge is -2.27. The lowest BCUT2D eigenvalue weighted by Crippen LogP contribution is -2.40. The molecule has 1 aliphatic carbocycles. The molecule has 1 aliphatic heterocycles. The minimum atomic E-state index is -0.776. The summed E-state index contributed by atoms with van der Waals surface area (Å²) in [5, 5.41) is 0. The van der Waals surface area contributed by atoms with Gasteiger partial charge in [0, 0.05) is 22.6 Å². The summed E-state index contributed by atoms with van der Waals surface area (Å²) in [5.74, 6) is -1.13. The number of methoxy groups -OCH3 is 1. The van der Waals surface area contributed by atoms with Crippen LogP contribution in [0.25, 0.3) is 5.76 Å². The second kappa shape index (κ2) is 8.30. The Balaban J connectivity index is 2.21. The van der Waals surface area contributed by atoms with Gasteiger partial charge in [-0.3, -0.25) is 9.59 Å². The highest BCUT2D eigenvalue weighted by atomic mass is 16.5. The summed E-state index contributed by atoms with van der Waals surface area (Å²) >= 11 is 0. The molecular weight excluding hydrogens is 382 g/mol. The number of imide groups is 1. The highest BCUT2D eigenvalue weighted by Crippen LogP contribution is 2.45. The number of rotatable bonds is 4. The summed E-state index contributed by atoms with van der Waals surface area (Å²) in [4.78, 5) is 40.1. The van der Waals surface area contributed by atoms with Crippen molar-refractivity contribution < 1.29 is 23.9 Å². The Morgan fingerprint density at radius 2 is 1.83 bits per heavy atom. The van der Waals surface area contributed by atoms with Gasteiger partial charge in [-0.1, -0.05) is 57.2 Å². The van der Waals surface area contributed by atoms with Gasteiger partial charge < -0.3 is 9.47 Å². The molecule has 30 heavy (non-hydrogen) atoms. The van der Waals surface area contributed by atoms with E-state index >= 15 is 0 Å². The van der Waals surface area contributed by atoms with Crippen molar-refractivity contribution in [1.82, 2.24) is 4.90 Å². The third-order valence-electron chi connectivity index (χ3n) is 5.11. The second-order valence-corrected chi connectivity index (χ2v) is 8.25. The lowest BCUT2D eigenvalue weighted by atomic mass is 9.87. The van der Waals surface area contributed by atoms with Gasteiger partial charge in [0.25, 0.3) is 5.91 Å². The fourth-order valence-corrected chi connectivity index (χ4v) is 3.67. The summed E-state index contributed by atoms with van der Waals surface area (Å²) in [6, 6.07) is 9.39. The number of esters is 1. The van der Waals surface area contributed by atoms with Crippen molar-refractivity contribution >= 4 is 23.5 Å². The molecule has 1 fully saturated rings. The van der Waals surface area contributed by atoms with E-state index in [-0.39, 0.29) is 11.8 Å². The Bertz CT molecular complexity index is 963. The summed E-state index contributed by atoms with van der Waals surface area (Å²) in [6.07, 6.45) is 3.73. The van der Waals surface area contributed by atoms with E-state index in [4.69, 9.17) is 9.47 Å². The summed E-state index contributed by atoms with van der Waals surface area (Å²) in [7, 11) is 1.31. The first-order valence-corrected chi connectivity index (χ1v) is 10.0. The lowest BCUT2D eigenvalue weighted by molar-refractivity contribution is -0.144. The van der Waals surface area contributed by atoms with E-state index in [1.807, 2.05) is 37.3 Å². The van der Waals surface area contributed by atoms with Crippen LogP contribution in [0.15, 0.2) is 59.3 Å². The number of likely N-dealkylation sites (tertiary alicyclic amines) is 1. The van der Waals surface area contributed by atoms with E-state index in [9.17, 15) is 14.4 Å². The average molecular weight is 409 g/mol. The monoisotopic (exact) mass is 409 g/mol. The molecule has 1 aromatic carbocycles. The summed E-state index contributed by atoms with van der Waals surface area (Å²) < 4.78 is 10.8. The van der Waals surface area contributed by atoms with Crippen molar-refractivity contribution in [3.8, 4) is 0 Å². The minimum Gasteiger partial charge on any atom is -0.493 e. The smallest absolute Gasteiger partial charge is 0.337 e. The number of carbonyl (C=O) groups is 3. The molecule has 6 nitrogen and oxygen atoms in total. The van der Waals surface area contributed by atoms with Crippen LogP contribution in [0.3, 0.4) is 0 Å².